The number of allylic oxidation sites excluding steroid dienone is 1. The van der Waals surface area contributed by atoms with E-state index < -0.39 is 5.41 Å². The molecular weight excluding hydrogens is 172 g/mol. The highest BCUT2D eigenvalue weighted by atomic mass is 14.5. The maximum absolute atomic E-state index is 9.12. The molecule has 1 aromatic rings. The maximum Gasteiger partial charge on any atom is 0.0829 e. The highest BCUT2D eigenvalue weighted by molar-refractivity contribution is 5.45. The van der Waals surface area contributed by atoms with Crippen LogP contribution in [-0.2, 0) is 5.41 Å². The van der Waals surface area contributed by atoms with E-state index in [0.29, 0.717) is 12.1 Å². The van der Waals surface area contributed by atoms with Crippen LogP contribution in [0.15, 0.2) is 36.9 Å². The summed E-state index contributed by atoms with van der Waals surface area (Å²) in [6, 6.07) is 9.73. The zero-order chi connectivity index (χ0) is 10.6. The lowest BCUT2D eigenvalue weighted by Crippen LogP contribution is -2.18. The second-order valence-electron chi connectivity index (χ2n) is 3.56. The minimum absolute atomic E-state index is 0.517. The average Bonchev–Trinajstić information content (AvgIpc) is 2.18. The molecule has 2 heteroatoms. The quantitative estimate of drug-likeness (QED) is 0.582. The molecule has 0 aliphatic heterocycles. The molecule has 0 saturated carbocycles. The van der Waals surface area contributed by atoms with E-state index in [1.165, 1.54) is 0 Å². The number of anilines is 1. The van der Waals surface area contributed by atoms with E-state index in [1.807, 2.05) is 31.2 Å². The molecule has 1 rings (SSSR count). The van der Waals surface area contributed by atoms with Crippen LogP contribution in [0.5, 0.6) is 0 Å². The molecule has 1 aromatic carbocycles. The number of nitrogens with zero attached hydrogens (tertiary/aromatic N) is 1. The van der Waals surface area contributed by atoms with Crippen LogP contribution in [0.3, 0.4) is 0 Å². The standard InChI is InChI=1S/C12H14N2/c1-3-7-12(2,9-13)10-5-4-6-11(14)8-10/h3-6,8H,1,7,14H2,2H3. The number of hydrogen-bond acceptors (Lipinski definition) is 2. The first-order chi connectivity index (χ1) is 6.62. The van der Waals surface area contributed by atoms with Crippen molar-refractivity contribution < 1.29 is 0 Å². The summed E-state index contributed by atoms with van der Waals surface area (Å²) in [7, 11) is 0. The molecule has 72 valence electrons. The van der Waals surface area contributed by atoms with Crippen LogP contribution in [0.2, 0.25) is 0 Å². The van der Waals surface area contributed by atoms with Crippen molar-refractivity contribution in [3.8, 4) is 6.07 Å². The summed E-state index contributed by atoms with van der Waals surface area (Å²) in [6.07, 6.45) is 2.39. The first-order valence-corrected chi connectivity index (χ1v) is 4.50. The van der Waals surface area contributed by atoms with Crippen molar-refractivity contribution >= 4 is 5.69 Å². The number of benzene rings is 1. The van der Waals surface area contributed by atoms with E-state index in [4.69, 9.17) is 11.0 Å². The van der Waals surface area contributed by atoms with Crippen LogP contribution in [0.25, 0.3) is 0 Å². The van der Waals surface area contributed by atoms with Crippen LogP contribution in [0.4, 0.5) is 5.69 Å². The number of nitriles is 1. The third kappa shape index (κ3) is 1.94. The predicted octanol–water partition coefficient (Wildman–Crippen LogP) is 2.63. The zero-order valence-corrected chi connectivity index (χ0v) is 8.33. The van der Waals surface area contributed by atoms with Crippen molar-refractivity contribution in [2.45, 2.75) is 18.8 Å². The fourth-order valence-electron chi connectivity index (χ4n) is 1.40. The van der Waals surface area contributed by atoms with Gasteiger partial charge in [-0.05, 0) is 31.0 Å². The van der Waals surface area contributed by atoms with E-state index in [9.17, 15) is 0 Å². The monoisotopic (exact) mass is 186 g/mol. The predicted molar refractivity (Wildman–Crippen MR) is 58.6 cm³/mol. The van der Waals surface area contributed by atoms with Crippen LogP contribution < -0.4 is 5.73 Å². The van der Waals surface area contributed by atoms with Crippen molar-refractivity contribution in [1.82, 2.24) is 0 Å². The van der Waals surface area contributed by atoms with Gasteiger partial charge in [-0.25, -0.2) is 0 Å². The summed E-state index contributed by atoms with van der Waals surface area (Å²) in [6.45, 7) is 5.55. The fraction of sp³-hybridized carbons (Fsp3) is 0.250. The molecule has 1 unspecified atom stereocenters. The van der Waals surface area contributed by atoms with E-state index in [2.05, 4.69) is 12.6 Å². The lowest BCUT2D eigenvalue weighted by molar-refractivity contribution is 0.622. The number of rotatable bonds is 3. The summed E-state index contributed by atoms with van der Waals surface area (Å²) in [5.74, 6) is 0. The van der Waals surface area contributed by atoms with Gasteiger partial charge in [0.15, 0.2) is 0 Å². The van der Waals surface area contributed by atoms with Gasteiger partial charge in [-0.1, -0.05) is 18.2 Å². The minimum Gasteiger partial charge on any atom is -0.399 e. The maximum atomic E-state index is 9.12. The van der Waals surface area contributed by atoms with Gasteiger partial charge in [-0.2, -0.15) is 5.26 Å². The molecule has 2 nitrogen and oxygen atoms in total. The Morgan fingerprint density at radius 2 is 2.36 bits per heavy atom. The normalized spacial score (nSPS) is 14.0. The first kappa shape index (κ1) is 10.3. The van der Waals surface area contributed by atoms with E-state index in [-0.39, 0.29) is 0 Å². The van der Waals surface area contributed by atoms with Gasteiger partial charge in [0.05, 0.1) is 11.5 Å². The Hall–Kier alpha value is -1.75. The van der Waals surface area contributed by atoms with Gasteiger partial charge in [0.2, 0.25) is 0 Å². The van der Waals surface area contributed by atoms with Crippen molar-refractivity contribution in [3.63, 3.8) is 0 Å². The molecule has 0 radical (unpaired) electrons. The smallest absolute Gasteiger partial charge is 0.0829 e. The van der Waals surface area contributed by atoms with Crippen LogP contribution >= 0.6 is 0 Å². The zero-order valence-electron chi connectivity index (χ0n) is 8.33. The van der Waals surface area contributed by atoms with Crippen LogP contribution in [-0.4, -0.2) is 0 Å². The SMILES string of the molecule is C=CCC(C)(C#N)c1cccc(N)c1. The topological polar surface area (TPSA) is 49.8 Å². The highest BCUT2D eigenvalue weighted by Gasteiger charge is 2.24. The van der Waals surface area contributed by atoms with E-state index >= 15 is 0 Å². The first-order valence-electron chi connectivity index (χ1n) is 4.50. The molecule has 0 spiro atoms. The molecule has 0 heterocycles. The van der Waals surface area contributed by atoms with Crippen molar-refractivity contribution in [2.75, 3.05) is 5.73 Å². The van der Waals surface area contributed by atoms with Gasteiger partial charge in [0.25, 0.3) is 0 Å². The molecule has 0 bridgehead atoms. The Morgan fingerprint density at radius 1 is 1.64 bits per heavy atom. The molecular formula is C12H14N2. The van der Waals surface area contributed by atoms with Crippen molar-refractivity contribution in [1.29, 1.82) is 5.26 Å². The summed E-state index contributed by atoms with van der Waals surface area (Å²) in [4.78, 5) is 0. The second kappa shape index (κ2) is 3.97. The van der Waals surface area contributed by atoms with Gasteiger partial charge < -0.3 is 5.73 Å². The molecule has 14 heavy (non-hydrogen) atoms. The molecule has 0 aliphatic carbocycles. The Balaban J connectivity index is 3.13. The van der Waals surface area contributed by atoms with Gasteiger partial charge in [-0.3, -0.25) is 0 Å². The average molecular weight is 186 g/mol. The lowest BCUT2D eigenvalue weighted by atomic mass is 9.81. The molecule has 0 amide bonds. The molecule has 0 aliphatic rings. The van der Waals surface area contributed by atoms with Gasteiger partial charge >= 0.3 is 0 Å². The fourth-order valence-corrected chi connectivity index (χ4v) is 1.40. The van der Waals surface area contributed by atoms with Gasteiger partial charge in [0, 0.05) is 5.69 Å². The second-order valence-corrected chi connectivity index (χ2v) is 3.56. The molecule has 2 N–H and O–H groups in total. The Labute approximate surface area is 84.7 Å². The third-order valence-electron chi connectivity index (χ3n) is 2.32. The number of hydrogen-bond donors (Lipinski definition) is 1. The largest absolute Gasteiger partial charge is 0.399 e. The summed E-state index contributed by atoms with van der Waals surface area (Å²) >= 11 is 0. The molecule has 1 atom stereocenters. The minimum atomic E-state index is -0.517. The summed E-state index contributed by atoms with van der Waals surface area (Å²) < 4.78 is 0. The van der Waals surface area contributed by atoms with Crippen LogP contribution in [0, 0.1) is 11.3 Å². The molecule has 0 saturated heterocycles. The Morgan fingerprint density at radius 3 is 2.86 bits per heavy atom. The van der Waals surface area contributed by atoms with Crippen molar-refractivity contribution in [3.05, 3.63) is 42.5 Å². The number of nitrogens with two attached hydrogens (primary N) is 1. The summed E-state index contributed by atoms with van der Waals surface area (Å²) in [5, 5.41) is 9.12. The third-order valence-corrected chi connectivity index (χ3v) is 2.32. The molecule has 0 fully saturated rings. The summed E-state index contributed by atoms with van der Waals surface area (Å²) in [5.41, 5.74) is 6.79. The van der Waals surface area contributed by atoms with E-state index in [0.717, 1.165) is 5.56 Å². The Bertz CT molecular complexity index is 376. The van der Waals surface area contributed by atoms with Gasteiger partial charge in [0.1, 0.15) is 0 Å². The van der Waals surface area contributed by atoms with Crippen molar-refractivity contribution in [2.24, 2.45) is 0 Å². The Kier molecular flexibility index (Phi) is 2.93. The molecule has 0 aromatic heterocycles. The van der Waals surface area contributed by atoms with Gasteiger partial charge in [-0.15, -0.1) is 6.58 Å². The lowest BCUT2D eigenvalue weighted by Gasteiger charge is -2.20. The number of nitrogen functional groups attached to an aromatic ring is 1. The van der Waals surface area contributed by atoms with Crippen LogP contribution in [0.1, 0.15) is 18.9 Å². The highest BCUT2D eigenvalue weighted by Crippen LogP contribution is 2.28. The van der Waals surface area contributed by atoms with E-state index in [1.54, 1.807) is 6.08 Å².